The van der Waals surface area contributed by atoms with Crippen molar-refractivity contribution in [2.45, 2.75) is 104 Å². The third-order valence-corrected chi connectivity index (χ3v) is 5.09. The Kier molecular flexibility index (Phi) is 10.1. The van der Waals surface area contributed by atoms with Gasteiger partial charge in [-0.3, -0.25) is 4.79 Å². The highest BCUT2D eigenvalue weighted by Crippen LogP contribution is 2.32. The van der Waals surface area contributed by atoms with Gasteiger partial charge in [-0.1, -0.05) is 78.1 Å². The smallest absolute Gasteiger partial charge is 0.135 e. The van der Waals surface area contributed by atoms with E-state index in [9.17, 15) is 4.79 Å². The minimum atomic E-state index is 0.415. The van der Waals surface area contributed by atoms with Crippen LogP contribution in [-0.2, 0) is 4.79 Å². The minimum Gasteiger partial charge on any atom is -0.299 e. The molecular formula is C19H36O. The van der Waals surface area contributed by atoms with E-state index in [0.717, 1.165) is 18.8 Å². The van der Waals surface area contributed by atoms with Crippen LogP contribution in [0, 0.1) is 11.8 Å². The van der Waals surface area contributed by atoms with Crippen molar-refractivity contribution in [3.63, 3.8) is 0 Å². The Balaban J connectivity index is 1.99. The maximum Gasteiger partial charge on any atom is 0.135 e. The van der Waals surface area contributed by atoms with E-state index in [2.05, 4.69) is 13.8 Å². The number of rotatable bonds is 11. The van der Waals surface area contributed by atoms with Crippen molar-refractivity contribution < 1.29 is 4.79 Å². The standard InChI is InChI=1S/C19H36O/c1-3-5-6-7-8-9-10-11-15-19(20)18-14-12-13-17(4-2)16-18/h17-18H,3-16H2,1-2H3. The van der Waals surface area contributed by atoms with Crippen LogP contribution in [0.1, 0.15) is 104 Å². The molecule has 0 radical (unpaired) electrons. The average molecular weight is 280 g/mol. The molecular weight excluding hydrogens is 244 g/mol. The summed E-state index contributed by atoms with van der Waals surface area (Å²) in [5.74, 6) is 1.82. The zero-order valence-corrected chi connectivity index (χ0v) is 14.0. The molecule has 0 N–H and O–H groups in total. The fourth-order valence-corrected chi connectivity index (χ4v) is 3.59. The van der Waals surface area contributed by atoms with Gasteiger partial charge in [0.25, 0.3) is 0 Å². The van der Waals surface area contributed by atoms with Crippen LogP contribution < -0.4 is 0 Å². The summed E-state index contributed by atoms with van der Waals surface area (Å²) in [5.41, 5.74) is 0. The molecule has 2 atom stereocenters. The number of hydrogen-bond acceptors (Lipinski definition) is 1. The summed E-state index contributed by atoms with van der Waals surface area (Å²) in [6.45, 7) is 4.54. The highest BCUT2D eigenvalue weighted by molar-refractivity contribution is 5.81. The van der Waals surface area contributed by atoms with Crippen LogP contribution in [0.5, 0.6) is 0 Å². The van der Waals surface area contributed by atoms with Crippen LogP contribution in [0.2, 0.25) is 0 Å². The lowest BCUT2D eigenvalue weighted by atomic mass is 9.77. The van der Waals surface area contributed by atoms with Crippen LogP contribution in [0.3, 0.4) is 0 Å². The van der Waals surface area contributed by atoms with Crippen LogP contribution in [-0.4, -0.2) is 5.78 Å². The van der Waals surface area contributed by atoms with Gasteiger partial charge in [-0.15, -0.1) is 0 Å². The van der Waals surface area contributed by atoms with Gasteiger partial charge in [0.1, 0.15) is 5.78 Å². The predicted molar refractivity (Wildman–Crippen MR) is 88.0 cm³/mol. The van der Waals surface area contributed by atoms with E-state index in [1.807, 2.05) is 0 Å². The molecule has 0 amide bonds. The van der Waals surface area contributed by atoms with E-state index in [1.54, 1.807) is 0 Å². The van der Waals surface area contributed by atoms with Crippen molar-refractivity contribution in [2.24, 2.45) is 11.8 Å². The molecule has 1 aliphatic carbocycles. The van der Waals surface area contributed by atoms with E-state index in [4.69, 9.17) is 0 Å². The molecule has 0 aliphatic heterocycles. The maximum absolute atomic E-state index is 12.2. The van der Waals surface area contributed by atoms with E-state index >= 15 is 0 Å². The first kappa shape index (κ1) is 17.7. The number of ketones is 1. The molecule has 1 aliphatic rings. The third kappa shape index (κ3) is 7.45. The lowest BCUT2D eigenvalue weighted by molar-refractivity contribution is -0.124. The second-order valence-electron chi connectivity index (χ2n) is 6.83. The summed E-state index contributed by atoms with van der Waals surface area (Å²) in [6, 6.07) is 0. The highest BCUT2D eigenvalue weighted by Gasteiger charge is 2.25. The summed E-state index contributed by atoms with van der Waals surface area (Å²) in [6.07, 6.45) is 17.7. The highest BCUT2D eigenvalue weighted by atomic mass is 16.1. The number of unbranched alkanes of at least 4 members (excludes halogenated alkanes) is 7. The van der Waals surface area contributed by atoms with Gasteiger partial charge < -0.3 is 0 Å². The van der Waals surface area contributed by atoms with Gasteiger partial charge in [-0.25, -0.2) is 0 Å². The van der Waals surface area contributed by atoms with Gasteiger partial charge in [0.05, 0.1) is 0 Å². The van der Waals surface area contributed by atoms with Gasteiger partial charge in [0.15, 0.2) is 0 Å². The molecule has 1 heteroatoms. The van der Waals surface area contributed by atoms with Gasteiger partial charge in [-0.2, -0.15) is 0 Å². The number of Topliss-reactive ketones (excluding diaryl/α,β-unsaturated/α-hetero) is 1. The summed E-state index contributed by atoms with van der Waals surface area (Å²) in [7, 11) is 0. The Morgan fingerprint density at radius 1 is 0.900 bits per heavy atom. The van der Waals surface area contributed by atoms with Crippen LogP contribution in [0.15, 0.2) is 0 Å². The molecule has 2 unspecified atom stereocenters. The second kappa shape index (κ2) is 11.3. The third-order valence-electron chi connectivity index (χ3n) is 5.09. The number of hydrogen-bond donors (Lipinski definition) is 0. The van der Waals surface area contributed by atoms with Crippen LogP contribution in [0.25, 0.3) is 0 Å². The zero-order valence-electron chi connectivity index (χ0n) is 14.0. The Hall–Kier alpha value is -0.330. The van der Waals surface area contributed by atoms with E-state index in [1.165, 1.54) is 77.0 Å². The first-order chi connectivity index (χ1) is 9.77. The van der Waals surface area contributed by atoms with Crippen molar-refractivity contribution in [1.82, 2.24) is 0 Å². The molecule has 0 saturated heterocycles. The SMILES string of the molecule is CCCCCCCCCCC(=O)C1CCCC(CC)C1. The van der Waals surface area contributed by atoms with Crippen molar-refractivity contribution in [1.29, 1.82) is 0 Å². The Morgan fingerprint density at radius 2 is 1.55 bits per heavy atom. The molecule has 0 aromatic rings. The predicted octanol–water partition coefficient (Wildman–Crippen LogP) is 6.30. The monoisotopic (exact) mass is 280 g/mol. The Bertz CT molecular complexity index is 246. The molecule has 0 spiro atoms. The zero-order chi connectivity index (χ0) is 14.6. The first-order valence-corrected chi connectivity index (χ1v) is 9.30. The van der Waals surface area contributed by atoms with Gasteiger partial charge in [0, 0.05) is 12.3 Å². The molecule has 0 aromatic carbocycles. The van der Waals surface area contributed by atoms with Crippen molar-refractivity contribution >= 4 is 5.78 Å². The summed E-state index contributed by atoms with van der Waals surface area (Å²) in [5, 5.41) is 0. The van der Waals surface area contributed by atoms with E-state index in [-0.39, 0.29) is 0 Å². The Labute approximate surface area is 126 Å². The first-order valence-electron chi connectivity index (χ1n) is 9.30. The molecule has 0 heterocycles. The molecule has 20 heavy (non-hydrogen) atoms. The molecule has 1 rings (SSSR count). The molecule has 1 saturated carbocycles. The quantitative estimate of drug-likeness (QED) is 0.406. The van der Waals surface area contributed by atoms with Crippen LogP contribution >= 0.6 is 0 Å². The fourth-order valence-electron chi connectivity index (χ4n) is 3.59. The number of carbonyl (C=O) groups excluding carboxylic acids is 1. The Morgan fingerprint density at radius 3 is 2.20 bits per heavy atom. The molecule has 1 fully saturated rings. The normalized spacial score (nSPS) is 22.9. The summed E-state index contributed by atoms with van der Waals surface area (Å²) < 4.78 is 0. The van der Waals surface area contributed by atoms with Gasteiger partial charge in [-0.05, 0) is 25.2 Å². The molecule has 118 valence electrons. The summed E-state index contributed by atoms with van der Waals surface area (Å²) in [4.78, 5) is 12.2. The average Bonchev–Trinajstić information content (AvgIpc) is 2.49. The second-order valence-corrected chi connectivity index (χ2v) is 6.83. The minimum absolute atomic E-state index is 0.415. The van der Waals surface area contributed by atoms with E-state index < -0.39 is 0 Å². The molecule has 0 bridgehead atoms. The van der Waals surface area contributed by atoms with Crippen molar-refractivity contribution in [3.8, 4) is 0 Å². The topological polar surface area (TPSA) is 17.1 Å². The lowest BCUT2D eigenvalue weighted by Crippen LogP contribution is -2.22. The van der Waals surface area contributed by atoms with Crippen molar-refractivity contribution in [2.75, 3.05) is 0 Å². The number of carbonyl (C=O) groups is 1. The fraction of sp³-hybridized carbons (Fsp3) is 0.947. The largest absolute Gasteiger partial charge is 0.299 e. The van der Waals surface area contributed by atoms with Crippen LogP contribution in [0.4, 0.5) is 0 Å². The van der Waals surface area contributed by atoms with E-state index in [0.29, 0.717) is 11.7 Å². The molecule has 1 nitrogen and oxygen atoms in total. The lowest BCUT2D eigenvalue weighted by Gasteiger charge is -2.27. The maximum atomic E-state index is 12.2. The van der Waals surface area contributed by atoms with Gasteiger partial charge in [0.2, 0.25) is 0 Å². The van der Waals surface area contributed by atoms with Gasteiger partial charge >= 0.3 is 0 Å². The molecule has 0 aromatic heterocycles. The van der Waals surface area contributed by atoms with Crippen molar-refractivity contribution in [3.05, 3.63) is 0 Å². The summed E-state index contributed by atoms with van der Waals surface area (Å²) >= 11 is 0.